The Hall–Kier alpha value is -2.62. The average molecular weight is 354 g/mol. The molecule has 0 spiro atoms. The van der Waals surface area contributed by atoms with Crippen molar-refractivity contribution in [2.45, 2.75) is 52.9 Å². The molecule has 0 radical (unpaired) electrons. The van der Waals surface area contributed by atoms with Crippen molar-refractivity contribution in [3.63, 3.8) is 0 Å². The Morgan fingerprint density at radius 3 is 2.08 bits per heavy atom. The van der Waals surface area contributed by atoms with Gasteiger partial charge in [0.1, 0.15) is 0 Å². The van der Waals surface area contributed by atoms with Gasteiger partial charge in [0, 0.05) is 5.92 Å². The van der Waals surface area contributed by atoms with Crippen LogP contribution in [-0.4, -0.2) is 22.2 Å². The van der Waals surface area contributed by atoms with Gasteiger partial charge in [-0.05, 0) is 67.1 Å². The van der Waals surface area contributed by atoms with Gasteiger partial charge in [-0.25, -0.2) is 9.59 Å². The lowest BCUT2D eigenvalue weighted by atomic mass is 9.77. The third kappa shape index (κ3) is 3.79. The molecule has 2 rings (SSSR count). The van der Waals surface area contributed by atoms with Gasteiger partial charge in [-0.3, -0.25) is 0 Å². The molecule has 0 aliphatic heterocycles. The summed E-state index contributed by atoms with van der Waals surface area (Å²) in [6, 6.07) is 8.69. The number of carboxylic acid groups (broad SMARTS) is 2. The zero-order valence-corrected chi connectivity index (χ0v) is 15.8. The Balaban J connectivity index is 2.82. The fourth-order valence-electron chi connectivity index (χ4n) is 3.64. The molecule has 0 saturated heterocycles. The lowest BCUT2D eigenvalue weighted by Gasteiger charge is -2.26. The standard InChI is InChI=1S/C22H26O4/c1-5-6-9-16(19-14(3)8-7-10-17(19)21(23)24)20-15(4)13(2)11-12-18(20)22(25)26/h7-8,10-12,16H,5-6,9H2,1-4H3,(H,23,24)(H,25,26). The third-order valence-electron chi connectivity index (χ3n) is 5.11. The van der Waals surface area contributed by atoms with Gasteiger partial charge in [0.05, 0.1) is 11.1 Å². The molecule has 4 heteroatoms. The molecule has 0 bridgehead atoms. The van der Waals surface area contributed by atoms with Gasteiger partial charge in [-0.2, -0.15) is 0 Å². The summed E-state index contributed by atoms with van der Waals surface area (Å²) in [4.78, 5) is 23.7. The van der Waals surface area contributed by atoms with Crippen molar-refractivity contribution in [2.24, 2.45) is 0 Å². The number of aryl methyl sites for hydroxylation is 2. The van der Waals surface area contributed by atoms with Crippen molar-refractivity contribution < 1.29 is 19.8 Å². The van der Waals surface area contributed by atoms with Crippen molar-refractivity contribution >= 4 is 11.9 Å². The van der Waals surface area contributed by atoms with Gasteiger partial charge in [0.25, 0.3) is 0 Å². The van der Waals surface area contributed by atoms with E-state index in [0.29, 0.717) is 6.42 Å². The molecule has 4 nitrogen and oxygen atoms in total. The number of benzene rings is 2. The van der Waals surface area contributed by atoms with E-state index in [1.807, 2.05) is 32.9 Å². The number of hydrogen-bond donors (Lipinski definition) is 2. The van der Waals surface area contributed by atoms with Crippen molar-refractivity contribution in [3.8, 4) is 0 Å². The second-order valence-electron chi connectivity index (χ2n) is 6.81. The number of carboxylic acids is 2. The first-order chi connectivity index (χ1) is 12.3. The molecule has 0 aliphatic carbocycles. The van der Waals surface area contributed by atoms with Crippen LogP contribution in [0.2, 0.25) is 0 Å². The summed E-state index contributed by atoms with van der Waals surface area (Å²) in [6.45, 7) is 7.85. The van der Waals surface area contributed by atoms with Crippen LogP contribution in [0.25, 0.3) is 0 Å². The van der Waals surface area contributed by atoms with Crippen molar-refractivity contribution in [1.82, 2.24) is 0 Å². The largest absolute Gasteiger partial charge is 0.478 e. The fraction of sp³-hybridized carbons (Fsp3) is 0.364. The predicted molar refractivity (Wildman–Crippen MR) is 102 cm³/mol. The predicted octanol–water partition coefficient (Wildman–Crippen LogP) is 5.33. The first-order valence-electron chi connectivity index (χ1n) is 8.95. The molecule has 0 aliphatic rings. The molecule has 138 valence electrons. The van der Waals surface area contributed by atoms with E-state index in [1.165, 1.54) is 0 Å². The van der Waals surface area contributed by atoms with Gasteiger partial charge in [0.15, 0.2) is 0 Å². The van der Waals surface area contributed by atoms with Crippen LogP contribution in [-0.2, 0) is 0 Å². The van der Waals surface area contributed by atoms with Crippen LogP contribution in [0.4, 0.5) is 0 Å². The highest BCUT2D eigenvalue weighted by atomic mass is 16.4. The zero-order valence-electron chi connectivity index (χ0n) is 15.8. The van der Waals surface area contributed by atoms with Crippen LogP contribution in [0.5, 0.6) is 0 Å². The molecule has 2 aromatic carbocycles. The maximum absolute atomic E-state index is 11.9. The normalized spacial score (nSPS) is 12.0. The van der Waals surface area contributed by atoms with E-state index >= 15 is 0 Å². The molecule has 26 heavy (non-hydrogen) atoms. The van der Waals surface area contributed by atoms with Gasteiger partial charge >= 0.3 is 11.9 Å². The molecule has 0 heterocycles. The Bertz CT molecular complexity index is 836. The van der Waals surface area contributed by atoms with Crippen molar-refractivity contribution in [1.29, 1.82) is 0 Å². The highest BCUT2D eigenvalue weighted by molar-refractivity contribution is 5.92. The summed E-state index contributed by atoms with van der Waals surface area (Å²) in [6.07, 6.45) is 2.56. The number of hydrogen-bond acceptors (Lipinski definition) is 2. The van der Waals surface area contributed by atoms with Crippen LogP contribution in [0.1, 0.15) is 80.6 Å². The van der Waals surface area contributed by atoms with Crippen LogP contribution >= 0.6 is 0 Å². The van der Waals surface area contributed by atoms with Gasteiger partial charge < -0.3 is 10.2 Å². The van der Waals surface area contributed by atoms with E-state index < -0.39 is 11.9 Å². The van der Waals surface area contributed by atoms with Crippen molar-refractivity contribution in [3.05, 3.63) is 69.3 Å². The molecule has 1 atom stereocenters. The summed E-state index contributed by atoms with van der Waals surface area (Å²) in [5.74, 6) is -2.21. The average Bonchev–Trinajstić information content (AvgIpc) is 2.58. The van der Waals surface area contributed by atoms with Crippen LogP contribution in [0, 0.1) is 20.8 Å². The fourth-order valence-corrected chi connectivity index (χ4v) is 3.64. The summed E-state index contributed by atoms with van der Waals surface area (Å²) in [5.41, 5.74) is 4.79. The summed E-state index contributed by atoms with van der Waals surface area (Å²) in [5, 5.41) is 19.4. The lowest BCUT2D eigenvalue weighted by molar-refractivity contribution is 0.0686. The second kappa shape index (κ2) is 8.17. The Morgan fingerprint density at radius 1 is 0.885 bits per heavy atom. The summed E-state index contributed by atoms with van der Waals surface area (Å²) >= 11 is 0. The quantitative estimate of drug-likeness (QED) is 0.704. The molecule has 0 amide bonds. The SMILES string of the molecule is CCCCC(c1c(C)cccc1C(=O)O)c1c(C(=O)O)ccc(C)c1C. The van der Waals surface area contributed by atoms with Crippen LogP contribution in [0.15, 0.2) is 30.3 Å². The first kappa shape index (κ1) is 19.7. The number of rotatable bonds is 7. The van der Waals surface area contributed by atoms with E-state index in [1.54, 1.807) is 18.2 Å². The molecule has 0 fully saturated rings. The molecule has 1 unspecified atom stereocenters. The summed E-state index contributed by atoms with van der Waals surface area (Å²) < 4.78 is 0. The number of unbranched alkanes of at least 4 members (excludes halogenated alkanes) is 1. The Labute approximate surface area is 154 Å². The van der Waals surface area contributed by atoms with Crippen molar-refractivity contribution in [2.75, 3.05) is 0 Å². The minimum Gasteiger partial charge on any atom is -0.478 e. The minimum absolute atomic E-state index is 0.253. The highest BCUT2D eigenvalue weighted by Crippen LogP contribution is 2.38. The first-order valence-corrected chi connectivity index (χ1v) is 8.95. The smallest absolute Gasteiger partial charge is 0.335 e. The highest BCUT2D eigenvalue weighted by Gasteiger charge is 2.27. The zero-order chi connectivity index (χ0) is 19.4. The maximum atomic E-state index is 11.9. The Morgan fingerprint density at radius 2 is 1.50 bits per heavy atom. The van der Waals surface area contributed by atoms with Crippen LogP contribution < -0.4 is 0 Å². The van der Waals surface area contributed by atoms with Gasteiger partial charge in [-0.15, -0.1) is 0 Å². The lowest BCUT2D eigenvalue weighted by Crippen LogP contribution is -2.16. The summed E-state index contributed by atoms with van der Waals surface area (Å²) in [7, 11) is 0. The molecule has 0 aromatic heterocycles. The molecular formula is C22H26O4. The van der Waals surface area contributed by atoms with E-state index in [-0.39, 0.29) is 17.0 Å². The molecule has 2 aromatic rings. The van der Waals surface area contributed by atoms with E-state index in [9.17, 15) is 19.8 Å². The minimum atomic E-state index is -0.979. The van der Waals surface area contributed by atoms with Gasteiger partial charge in [-0.1, -0.05) is 38.0 Å². The monoisotopic (exact) mass is 354 g/mol. The molecular weight excluding hydrogens is 328 g/mol. The Kier molecular flexibility index (Phi) is 6.19. The molecule has 2 N–H and O–H groups in total. The number of carbonyl (C=O) groups is 2. The molecule has 0 saturated carbocycles. The second-order valence-corrected chi connectivity index (χ2v) is 6.81. The van der Waals surface area contributed by atoms with E-state index in [0.717, 1.165) is 40.7 Å². The topological polar surface area (TPSA) is 74.6 Å². The third-order valence-corrected chi connectivity index (χ3v) is 5.11. The van der Waals surface area contributed by atoms with Crippen LogP contribution in [0.3, 0.4) is 0 Å². The van der Waals surface area contributed by atoms with E-state index in [4.69, 9.17) is 0 Å². The van der Waals surface area contributed by atoms with Gasteiger partial charge in [0.2, 0.25) is 0 Å². The van der Waals surface area contributed by atoms with E-state index in [2.05, 4.69) is 6.92 Å². The maximum Gasteiger partial charge on any atom is 0.335 e. The number of aromatic carboxylic acids is 2.